The van der Waals surface area contributed by atoms with Crippen molar-refractivity contribution in [2.45, 2.75) is 20.0 Å². The molecule has 11 heteroatoms. The van der Waals surface area contributed by atoms with Crippen molar-refractivity contribution >= 4 is 23.2 Å². The van der Waals surface area contributed by atoms with Crippen LogP contribution in [0.1, 0.15) is 27.2 Å². The van der Waals surface area contributed by atoms with Crippen molar-refractivity contribution in [2.75, 3.05) is 10.6 Å². The molecule has 0 unspecified atom stereocenters. The van der Waals surface area contributed by atoms with Gasteiger partial charge in [0.25, 0.3) is 5.91 Å². The van der Waals surface area contributed by atoms with E-state index in [-0.39, 0.29) is 22.9 Å². The van der Waals surface area contributed by atoms with Crippen molar-refractivity contribution in [2.24, 2.45) is 16.5 Å². The number of amides is 1. The maximum atomic E-state index is 13.6. The van der Waals surface area contributed by atoms with Crippen LogP contribution in [-0.4, -0.2) is 21.4 Å². The number of rotatable bonds is 9. The molecule has 1 amide bonds. The Morgan fingerprint density at radius 2 is 1.90 bits per heavy atom. The summed E-state index contributed by atoms with van der Waals surface area (Å²) in [6.07, 6.45) is 7.86. The third kappa shape index (κ3) is 8.33. The maximum absolute atomic E-state index is 13.6. The molecule has 0 fully saturated rings. The molecular weight excluding hydrogens is 531 g/mol. The maximum Gasteiger partial charge on any atom is 0.416 e. The average molecular weight is 562 g/mol. The van der Waals surface area contributed by atoms with Gasteiger partial charge in [-0.05, 0) is 79.2 Å². The first kappa shape index (κ1) is 30.2. The lowest BCUT2D eigenvalue weighted by Crippen LogP contribution is -2.23. The Labute approximate surface area is 236 Å². The number of imidazole rings is 1. The van der Waals surface area contributed by atoms with E-state index >= 15 is 0 Å². The van der Waals surface area contributed by atoms with Crippen LogP contribution in [0, 0.1) is 13.8 Å². The number of anilines is 2. The largest absolute Gasteiger partial charge is 0.416 e. The number of aryl methyl sites for hydroxylation is 2. The Morgan fingerprint density at radius 3 is 2.54 bits per heavy atom. The first-order chi connectivity index (χ1) is 19.4. The second-order valence-corrected chi connectivity index (χ2v) is 8.86. The Balaban J connectivity index is 1.80. The SMILES string of the molecule is C=C/C(=C\C=C/N)C(=C)/C=C\N=C(/N)Nc1cc(C(=O)Nc2cc(-n3cnc(C)c3)cc(C(F)(F)F)c2)ccc1C. The van der Waals surface area contributed by atoms with Gasteiger partial charge in [0.1, 0.15) is 0 Å². The number of aliphatic imine (C=N–C) groups is 1. The van der Waals surface area contributed by atoms with Crippen LogP contribution in [0.4, 0.5) is 24.5 Å². The van der Waals surface area contributed by atoms with Gasteiger partial charge >= 0.3 is 6.18 Å². The summed E-state index contributed by atoms with van der Waals surface area (Å²) in [6.45, 7) is 11.2. The number of hydrogen-bond donors (Lipinski definition) is 4. The molecule has 6 N–H and O–H groups in total. The highest BCUT2D eigenvalue weighted by Gasteiger charge is 2.31. The Hall–Kier alpha value is -5.32. The second-order valence-electron chi connectivity index (χ2n) is 8.86. The number of alkyl halides is 3. The van der Waals surface area contributed by atoms with Crippen molar-refractivity contribution in [3.63, 3.8) is 0 Å². The van der Waals surface area contributed by atoms with E-state index in [4.69, 9.17) is 11.5 Å². The predicted molar refractivity (Wildman–Crippen MR) is 158 cm³/mol. The van der Waals surface area contributed by atoms with Crippen LogP contribution in [0.2, 0.25) is 0 Å². The fourth-order valence-electron chi connectivity index (χ4n) is 3.60. The van der Waals surface area contributed by atoms with Gasteiger partial charge in [-0.15, -0.1) is 0 Å². The first-order valence-electron chi connectivity index (χ1n) is 12.2. The third-order valence-electron chi connectivity index (χ3n) is 5.74. The minimum Gasteiger partial charge on any atom is -0.405 e. The number of benzene rings is 2. The molecule has 0 saturated heterocycles. The summed E-state index contributed by atoms with van der Waals surface area (Å²) in [4.78, 5) is 21.2. The summed E-state index contributed by atoms with van der Waals surface area (Å²) in [5, 5.41) is 5.48. The molecule has 212 valence electrons. The summed E-state index contributed by atoms with van der Waals surface area (Å²) in [7, 11) is 0. The Bertz CT molecular complexity index is 1580. The average Bonchev–Trinajstić information content (AvgIpc) is 3.36. The van der Waals surface area contributed by atoms with Gasteiger partial charge in [0.2, 0.25) is 0 Å². The van der Waals surface area contributed by atoms with Crippen LogP contribution in [0.5, 0.6) is 0 Å². The quantitative estimate of drug-likeness (QED) is 0.142. The molecular formula is C30H30F3N7O. The molecule has 0 aliphatic rings. The van der Waals surface area contributed by atoms with Gasteiger partial charge in [0.05, 0.1) is 17.6 Å². The minimum absolute atomic E-state index is 0.0254. The third-order valence-corrected chi connectivity index (χ3v) is 5.74. The van der Waals surface area contributed by atoms with Gasteiger partial charge < -0.3 is 26.7 Å². The Kier molecular flexibility index (Phi) is 9.70. The topological polar surface area (TPSA) is 123 Å². The summed E-state index contributed by atoms with van der Waals surface area (Å²) >= 11 is 0. The van der Waals surface area contributed by atoms with Gasteiger partial charge in [-0.1, -0.05) is 31.4 Å². The highest BCUT2D eigenvalue weighted by molar-refractivity contribution is 6.06. The molecule has 1 heterocycles. The number of aromatic nitrogens is 2. The standard InChI is InChI=1S/C30H30F3N7O/c1-5-22(7-6-11-34)19(2)10-12-36-29(35)39-27-13-23(9-8-20(27)3)28(41)38-25-14-24(30(31,32)33)15-26(16-25)40-17-21(4)37-18-40/h5-18H,1-2,34H2,3-4H3,(H,38,41)(H3,35,36,39)/b11-6-,12-10-,22-7+. The number of nitrogens with zero attached hydrogens (tertiary/aromatic N) is 3. The zero-order chi connectivity index (χ0) is 30.2. The van der Waals surface area contributed by atoms with Gasteiger partial charge in [0.15, 0.2) is 5.96 Å². The fourth-order valence-corrected chi connectivity index (χ4v) is 3.60. The fraction of sp³-hybridized carbons (Fsp3) is 0.100. The van der Waals surface area contributed by atoms with E-state index in [1.807, 2.05) is 0 Å². The molecule has 0 atom stereocenters. The van der Waals surface area contributed by atoms with Gasteiger partial charge in [0, 0.05) is 35.0 Å². The molecule has 41 heavy (non-hydrogen) atoms. The normalized spacial score (nSPS) is 12.6. The summed E-state index contributed by atoms with van der Waals surface area (Å²) < 4.78 is 42.2. The highest BCUT2D eigenvalue weighted by Crippen LogP contribution is 2.33. The molecule has 0 aliphatic heterocycles. The van der Waals surface area contributed by atoms with Gasteiger partial charge in [-0.3, -0.25) is 4.79 Å². The van der Waals surface area contributed by atoms with E-state index in [1.54, 1.807) is 56.5 Å². The van der Waals surface area contributed by atoms with Crippen molar-refractivity contribution < 1.29 is 18.0 Å². The van der Waals surface area contributed by atoms with Crippen LogP contribution >= 0.6 is 0 Å². The van der Waals surface area contributed by atoms with E-state index in [0.717, 1.165) is 23.3 Å². The van der Waals surface area contributed by atoms with Crippen molar-refractivity contribution in [3.05, 3.63) is 132 Å². The zero-order valence-electron chi connectivity index (χ0n) is 22.5. The van der Waals surface area contributed by atoms with Gasteiger partial charge in [-0.2, -0.15) is 13.2 Å². The molecule has 2 aromatic carbocycles. The van der Waals surface area contributed by atoms with Crippen molar-refractivity contribution in [1.82, 2.24) is 9.55 Å². The summed E-state index contributed by atoms with van der Waals surface area (Å²) in [5.41, 5.74) is 14.1. The molecule has 3 rings (SSSR count). The van der Waals surface area contributed by atoms with Crippen LogP contribution in [0.3, 0.4) is 0 Å². The lowest BCUT2D eigenvalue weighted by atomic mass is 10.1. The van der Waals surface area contributed by atoms with Crippen LogP contribution < -0.4 is 22.1 Å². The monoisotopic (exact) mass is 561 g/mol. The smallest absolute Gasteiger partial charge is 0.405 e. The van der Waals surface area contributed by atoms with Gasteiger partial charge in [-0.25, -0.2) is 9.98 Å². The first-order valence-corrected chi connectivity index (χ1v) is 12.2. The molecule has 0 radical (unpaired) electrons. The van der Waals surface area contributed by atoms with Crippen molar-refractivity contribution in [3.8, 4) is 5.69 Å². The van der Waals surface area contributed by atoms with E-state index in [1.165, 1.54) is 35.4 Å². The van der Waals surface area contributed by atoms with Crippen LogP contribution in [-0.2, 0) is 6.18 Å². The highest BCUT2D eigenvalue weighted by atomic mass is 19.4. The van der Waals surface area contributed by atoms with E-state index in [0.29, 0.717) is 17.0 Å². The zero-order valence-corrected chi connectivity index (χ0v) is 22.5. The predicted octanol–water partition coefficient (Wildman–Crippen LogP) is 6.14. The summed E-state index contributed by atoms with van der Waals surface area (Å²) in [6, 6.07) is 8.07. The van der Waals surface area contributed by atoms with Crippen LogP contribution in [0.25, 0.3) is 5.69 Å². The number of guanidine groups is 1. The summed E-state index contributed by atoms with van der Waals surface area (Å²) in [5.74, 6) is -0.569. The number of hydrogen-bond acceptors (Lipinski definition) is 4. The molecule has 0 spiro atoms. The minimum atomic E-state index is -4.62. The van der Waals surface area contributed by atoms with Crippen molar-refractivity contribution in [1.29, 1.82) is 0 Å². The number of allylic oxidation sites excluding steroid dienone is 6. The number of carbonyl (C=O) groups is 1. The molecule has 0 saturated carbocycles. The lowest BCUT2D eigenvalue weighted by molar-refractivity contribution is -0.137. The number of halogens is 3. The number of nitrogens with one attached hydrogen (secondary N) is 2. The molecule has 3 aromatic rings. The molecule has 0 bridgehead atoms. The van der Waals surface area contributed by atoms with Crippen LogP contribution in [0.15, 0.2) is 115 Å². The van der Waals surface area contributed by atoms with E-state index in [2.05, 4.69) is 33.8 Å². The number of nitrogens with two attached hydrogens (primary N) is 2. The molecule has 8 nitrogen and oxygen atoms in total. The molecule has 0 aliphatic carbocycles. The lowest BCUT2D eigenvalue weighted by Gasteiger charge is -2.14. The van der Waals surface area contributed by atoms with E-state index in [9.17, 15) is 18.0 Å². The Morgan fingerprint density at radius 1 is 1.15 bits per heavy atom. The molecule has 1 aromatic heterocycles. The second kappa shape index (κ2) is 13.2. The van der Waals surface area contributed by atoms with E-state index < -0.39 is 17.6 Å². The number of carbonyl (C=O) groups excluding carboxylic acids is 1.